The van der Waals surface area contributed by atoms with Crippen molar-refractivity contribution < 1.29 is 19.4 Å². The number of rotatable bonds is 7. The summed E-state index contributed by atoms with van der Waals surface area (Å²) in [5.74, 6) is -1.40. The summed E-state index contributed by atoms with van der Waals surface area (Å²) in [6.45, 7) is 1.60. The average molecular weight is 449 g/mol. The molecule has 9 heteroatoms. The predicted octanol–water partition coefficient (Wildman–Crippen LogP) is 2.23. The number of hydrogen-bond donors (Lipinski definition) is 3. The summed E-state index contributed by atoms with van der Waals surface area (Å²) in [7, 11) is 0. The highest BCUT2D eigenvalue weighted by Gasteiger charge is 2.29. The lowest BCUT2D eigenvalue weighted by molar-refractivity contribution is -0.139. The average Bonchev–Trinajstić information content (AvgIpc) is 3.12. The van der Waals surface area contributed by atoms with Crippen LogP contribution in [-0.4, -0.2) is 39.4 Å². The second-order valence-electron chi connectivity index (χ2n) is 7.91. The van der Waals surface area contributed by atoms with Crippen molar-refractivity contribution in [2.24, 2.45) is 0 Å². The van der Waals surface area contributed by atoms with E-state index in [0.29, 0.717) is 5.56 Å². The molecule has 0 saturated carbocycles. The smallest absolute Gasteiger partial charge is 0.407 e. The highest BCUT2D eigenvalue weighted by atomic mass is 16.5. The van der Waals surface area contributed by atoms with E-state index >= 15 is 0 Å². The Bertz CT molecular complexity index is 1280. The Morgan fingerprint density at radius 2 is 1.70 bits per heavy atom. The molecule has 2 aromatic carbocycles. The second-order valence-corrected chi connectivity index (χ2v) is 7.91. The summed E-state index contributed by atoms with van der Waals surface area (Å²) in [5, 5.41) is 11.8. The quantitative estimate of drug-likeness (QED) is 0.507. The minimum Gasteiger partial charge on any atom is -0.480 e. The molecule has 3 aromatic rings. The number of aliphatic carboxylic acids is 1. The van der Waals surface area contributed by atoms with E-state index in [1.165, 1.54) is 10.8 Å². The Kier molecular flexibility index (Phi) is 6.12. The van der Waals surface area contributed by atoms with Gasteiger partial charge in [-0.15, -0.1) is 0 Å². The van der Waals surface area contributed by atoms with E-state index in [9.17, 15) is 24.3 Å². The molecule has 4 rings (SSSR count). The summed E-state index contributed by atoms with van der Waals surface area (Å²) in [6.07, 6.45) is 0.437. The third-order valence-corrected chi connectivity index (χ3v) is 5.78. The van der Waals surface area contributed by atoms with E-state index in [4.69, 9.17) is 4.74 Å². The standard InChI is InChI=1S/C24H23N3O6/c1-14-12-27(23(31)26-21(14)28)11-10-20(22(29)30)25-24(32)33-13-19-17-8-4-2-6-15(17)16-7-3-5-9-18(16)19/h2-9,12,19-20H,10-11,13H2,1H3,(H,25,32)(H,29,30)(H,26,28,31)/t20-/m0/s1. The molecule has 0 unspecified atom stereocenters. The van der Waals surface area contributed by atoms with Crippen LogP contribution >= 0.6 is 0 Å². The van der Waals surface area contributed by atoms with E-state index in [0.717, 1.165) is 22.3 Å². The number of carbonyl (C=O) groups is 2. The van der Waals surface area contributed by atoms with Crippen molar-refractivity contribution >= 4 is 12.1 Å². The van der Waals surface area contributed by atoms with Gasteiger partial charge in [0.1, 0.15) is 12.6 Å². The molecule has 0 spiro atoms. The molecule has 1 amide bonds. The maximum absolute atomic E-state index is 12.4. The molecule has 0 fully saturated rings. The highest BCUT2D eigenvalue weighted by molar-refractivity contribution is 5.81. The number of carboxylic acid groups (broad SMARTS) is 1. The SMILES string of the molecule is Cc1cn(CC[C@H](NC(=O)OCC2c3ccccc3-c3ccccc32)C(=O)O)c(=O)[nH]c1=O. The summed E-state index contributed by atoms with van der Waals surface area (Å²) in [4.78, 5) is 49.6. The summed E-state index contributed by atoms with van der Waals surface area (Å²) < 4.78 is 6.60. The van der Waals surface area contributed by atoms with E-state index in [2.05, 4.69) is 10.3 Å². The molecule has 1 aliphatic rings. The zero-order valence-corrected chi connectivity index (χ0v) is 17.9. The number of aryl methyl sites for hydroxylation is 2. The van der Waals surface area contributed by atoms with E-state index in [1.54, 1.807) is 6.92 Å². The molecular weight excluding hydrogens is 426 g/mol. The Labute approximate surface area is 188 Å². The van der Waals surface area contributed by atoms with Gasteiger partial charge >= 0.3 is 17.8 Å². The van der Waals surface area contributed by atoms with Gasteiger partial charge < -0.3 is 19.7 Å². The number of ether oxygens (including phenoxy) is 1. The van der Waals surface area contributed by atoms with Crippen LogP contribution in [0, 0.1) is 6.92 Å². The number of alkyl carbamates (subject to hydrolysis) is 1. The summed E-state index contributed by atoms with van der Waals surface area (Å²) >= 11 is 0. The molecular formula is C24H23N3O6. The van der Waals surface area contributed by atoms with Crippen molar-refractivity contribution in [2.45, 2.75) is 31.8 Å². The first-order chi connectivity index (χ1) is 15.8. The Morgan fingerprint density at radius 3 is 2.30 bits per heavy atom. The number of aromatic nitrogens is 2. The predicted molar refractivity (Wildman–Crippen MR) is 120 cm³/mol. The number of aromatic amines is 1. The van der Waals surface area contributed by atoms with Crippen LogP contribution in [0.3, 0.4) is 0 Å². The van der Waals surface area contributed by atoms with Gasteiger partial charge in [0.15, 0.2) is 0 Å². The molecule has 0 bridgehead atoms. The van der Waals surface area contributed by atoms with E-state index < -0.39 is 29.4 Å². The number of nitrogens with zero attached hydrogens (tertiary/aromatic N) is 1. The van der Waals surface area contributed by atoms with Gasteiger partial charge in [0.05, 0.1) is 0 Å². The third kappa shape index (κ3) is 4.57. The molecule has 0 aliphatic heterocycles. The number of hydrogen-bond acceptors (Lipinski definition) is 5. The Morgan fingerprint density at radius 1 is 1.09 bits per heavy atom. The van der Waals surface area contributed by atoms with Gasteiger partial charge in [-0.2, -0.15) is 0 Å². The topological polar surface area (TPSA) is 130 Å². The first-order valence-corrected chi connectivity index (χ1v) is 10.5. The maximum Gasteiger partial charge on any atom is 0.407 e. The fourth-order valence-corrected chi connectivity index (χ4v) is 4.09. The largest absolute Gasteiger partial charge is 0.480 e. The fraction of sp³-hybridized carbons (Fsp3) is 0.250. The molecule has 9 nitrogen and oxygen atoms in total. The van der Waals surface area contributed by atoms with Gasteiger partial charge in [0.2, 0.25) is 0 Å². The van der Waals surface area contributed by atoms with Crippen LogP contribution < -0.4 is 16.6 Å². The number of carboxylic acids is 1. The van der Waals surface area contributed by atoms with Crippen molar-refractivity contribution in [1.82, 2.24) is 14.9 Å². The van der Waals surface area contributed by atoms with Crippen LogP contribution in [0.15, 0.2) is 64.3 Å². The van der Waals surface area contributed by atoms with Crippen molar-refractivity contribution in [3.8, 4) is 11.1 Å². The van der Waals surface area contributed by atoms with E-state index in [1.807, 2.05) is 48.5 Å². The van der Waals surface area contributed by atoms with E-state index in [-0.39, 0.29) is 25.5 Å². The lowest BCUT2D eigenvalue weighted by Crippen LogP contribution is -2.43. The summed E-state index contributed by atoms with van der Waals surface area (Å²) in [6, 6.07) is 14.5. The minimum absolute atomic E-state index is 0.00290. The Balaban J connectivity index is 1.40. The van der Waals surface area contributed by atoms with Crippen LogP contribution in [0.4, 0.5) is 4.79 Å². The molecule has 1 atom stereocenters. The molecule has 0 saturated heterocycles. The van der Waals surface area contributed by atoms with Crippen molar-refractivity contribution in [2.75, 3.05) is 6.61 Å². The van der Waals surface area contributed by atoms with Gasteiger partial charge in [-0.25, -0.2) is 14.4 Å². The van der Waals surface area contributed by atoms with Crippen LogP contribution in [-0.2, 0) is 16.1 Å². The number of fused-ring (bicyclic) bond motifs is 3. The van der Waals surface area contributed by atoms with Crippen LogP contribution in [0.5, 0.6) is 0 Å². The maximum atomic E-state index is 12.4. The molecule has 33 heavy (non-hydrogen) atoms. The fourth-order valence-electron chi connectivity index (χ4n) is 4.09. The van der Waals surface area contributed by atoms with Crippen LogP contribution in [0.2, 0.25) is 0 Å². The van der Waals surface area contributed by atoms with Crippen LogP contribution in [0.25, 0.3) is 11.1 Å². The number of H-pyrrole nitrogens is 1. The first-order valence-electron chi connectivity index (χ1n) is 10.5. The zero-order chi connectivity index (χ0) is 23.5. The van der Waals surface area contributed by atoms with Gasteiger partial charge in [-0.1, -0.05) is 48.5 Å². The molecule has 3 N–H and O–H groups in total. The highest BCUT2D eigenvalue weighted by Crippen LogP contribution is 2.44. The normalized spacial score (nSPS) is 13.1. The zero-order valence-electron chi connectivity index (χ0n) is 17.9. The number of carbonyl (C=O) groups excluding carboxylic acids is 1. The first kappa shape index (κ1) is 22.1. The Hall–Kier alpha value is -4.14. The molecule has 1 aliphatic carbocycles. The van der Waals surface area contributed by atoms with Gasteiger partial charge in [0, 0.05) is 24.2 Å². The van der Waals surface area contributed by atoms with Gasteiger partial charge in [-0.05, 0) is 35.6 Å². The number of nitrogens with one attached hydrogen (secondary N) is 2. The lowest BCUT2D eigenvalue weighted by Gasteiger charge is -2.18. The van der Waals surface area contributed by atoms with Crippen LogP contribution in [0.1, 0.15) is 29.0 Å². The van der Waals surface area contributed by atoms with Crippen molar-refractivity contribution in [3.63, 3.8) is 0 Å². The third-order valence-electron chi connectivity index (χ3n) is 5.78. The van der Waals surface area contributed by atoms with Crippen molar-refractivity contribution in [3.05, 3.63) is 92.3 Å². The molecule has 0 radical (unpaired) electrons. The van der Waals surface area contributed by atoms with Gasteiger partial charge in [0.25, 0.3) is 5.56 Å². The number of amides is 1. The second kappa shape index (κ2) is 9.15. The molecule has 1 aromatic heterocycles. The number of benzene rings is 2. The van der Waals surface area contributed by atoms with Gasteiger partial charge in [-0.3, -0.25) is 9.78 Å². The van der Waals surface area contributed by atoms with Crippen molar-refractivity contribution in [1.29, 1.82) is 0 Å². The molecule has 170 valence electrons. The lowest BCUT2D eigenvalue weighted by atomic mass is 9.98. The molecule has 1 heterocycles. The minimum atomic E-state index is -1.26. The monoisotopic (exact) mass is 449 g/mol. The summed E-state index contributed by atoms with van der Waals surface area (Å²) in [5.41, 5.74) is 3.46.